The molecule has 0 aliphatic heterocycles. The summed E-state index contributed by atoms with van der Waals surface area (Å²) in [6, 6.07) is 8.14. The molecule has 1 amide bonds. The van der Waals surface area contributed by atoms with Crippen molar-refractivity contribution in [1.82, 2.24) is 20.4 Å². The highest BCUT2D eigenvalue weighted by molar-refractivity contribution is 5.77. The number of amides is 1. The third-order valence-electron chi connectivity index (χ3n) is 3.64. The molecule has 1 aromatic heterocycles. The van der Waals surface area contributed by atoms with Crippen LogP contribution in [-0.4, -0.2) is 40.6 Å². The van der Waals surface area contributed by atoms with Crippen LogP contribution in [0.4, 0.5) is 0 Å². The van der Waals surface area contributed by atoms with Crippen LogP contribution in [0.2, 0.25) is 0 Å². The maximum absolute atomic E-state index is 11.7. The minimum Gasteiger partial charge on any atom is -0.355 e. The zero-order valence-corrected chi connectivity index (χ0v) is 14.0. The summed E-state index contributed by atoms with van der Waals surface area (Å²) >= 11 is 0. The normalized spacial score (nSPS) is 11.0. The van der Waals surface area contributed by atoms with Gasteiger partial charge in [-0.3, -0.25) is 9.69 Å². The smallest absolute Gasteiger partial charge is 0.241 e. The lowest BCUT2D eigenvalue weighted by atomic mass is 10.1. The number of carbonyl (C=O) groups excluding carboxylic acids is 1. The van der Waals surface area contributed by atoms with Gasteiger partial charge in [0, 0.05) is 12.1 Å². The maximum atomic E-state index is 11.7. The van der Waals surface area contributed by atoms with Crippen LogP contribution in [0.3, 0.4) is 0 Å². The molecular formula is C17H24N4O2. The fraction of sp³-hybridized carbons (Fsp3) is 0.471. The predicted molar refractivity (Wildman–Crippen MR) is 88.7 cm³/mol. The number of hydrogen-bond donors (Lipinski definition) is 1. The molecule has 0 radical (unpaired) electrons. The Morgan fingerprint density at radius 1 is 1.22 bits per heavy atom. The van der Waals surface area contributed by atoms with Crippen LogP contribution in [0.25, 0.3) is 11.4 Å². The van der Waals surface area contributed by atoms with E-state index in [-0.39, 0.29) is 5.91 Å². The summed E-state index contributed by atoms with van der Waals surface area (Å²) in [7, 11) is 0. The van der Waals surface area contributed by atoms with Gasteiger partial charge in [-0.25, -0.2) is 0 Å². The fourth-order valence-electron chi connectivity index (χ4n) is 2.25. The van der Waals surface area contributed by atoms with Crippen molar-refractivity contribution in [3.8, 4) is 11.4 Å². The van der Waals surface area contributed by atoms with Crippen molar-refractivity contribution in [3.63, 3.8) is 0 Å². The summed E-state index contributed by atoms with van der Waals surface area (Å²) in [5, 5.41) is 6.82. The van der Waals surface area contributed by atoms with Crippen LogP contribution < -0.4 is 5.32 Å². The average molecular weight is 316 g/mol. The SMILES string of the molecule is CCNC(=O)CN(CC)Cc1nc(-c2ccc(CC)cc2)no1. The second-order valence-electron chi connectivity index (χ2n) is 5.32. The maximum Gasteiger partial charge on any atom is 0.241 e. The standard InChI is InChI=1S/C17H24N4O2/c1-4-13-7-9-14(10-8-13)17-19-16(23-20-17)12-21(6-3)11-15(22)18-5-2/h7-10H,4-6,11-12H2,1-3H3,(H,18,22). The summed E-state index contributed by atoms with van der Waals surface area (Å²) in [4.78, 5) is 18.1. The van der Waals surface area contributed by atoms with Crippen molar-refractivity contribution in [2.75, 3.05) is 19.6 Å². The molecule has 0 aliphatic carbocycles. The molecule has 0 fully saturated rings. The van der Waals surface area contributed by atoms with Crippen LogP contribution in [0.1, 0.15) is 32.2 Å². The summed E-state index contributed by atoms with van der Waals surface area (Å²) < 4.78 is 5.32. The Balaban J connectivity index is 2.01. The summed E-state index contributed by atoms with van der Waals surface area (Å²) in [5.41, 5.74) is 2.21. The lowest BCUT2D eigenvalue weighted by Gasteiger charge is -2.17. The number of nitrogens with zero attached hydrogens (tertiary/aromatic N) is 3. The van der Waals surface area contributed by atoms with Gasteiger partial charge in [0.05, 0.1) is 13.1 Å². The molecule has 6 nitrogen and oxygen atoms in total. The van der Waals surface area contributed by atoms with E-state index in [1.165, 1.54) is 5.56 Å². The van der Waals surface area contributed by atoms with Gasteiger partial charge >= 0.3 is 0 Å². The molecule has 0 bridgehead atoms. The summed E-state index contributed by atoms with van der Waals surface area (Å²) in [6.45, 7) is 8.19. The Kier molecular flexibility index (Phi) is 6.29. The highest BCUT2D eigenvalue weighted by atomic mass is 16.5. The van der Waals surface area contributed by atoms with Gasteiger partial charge in [-0.15, -0.1) is 0 Å². The van der Waals surface area contributed by atoms with E-state index >= 15 is 0 Å². The first-order chi connectivity index (χ1) is 11.2. The third-order valence-corrected chi connectivity index (χ3v) is 3.64. The molecule has 0 unspecified atom stereocenters. The first-order valence-corrected chi connectivity index (χ1v) is 8.07. The average Bonchev–Trinajstić information content (AvgIpc) is 3.03. The van der Waals surface area contributed by atoms with Crippen LogP contribution in [0.5, 0.6) is 0 Å². The molecular weight excluding hydrogens is 292 g/mol. The quantitative estimate of drug-likeness (QED) is 0.809. The van der Waals surface area contributed by atoms with E-state index < -0.39 is 0 Å². The van der Waals surface area contributed by atoms with Gasteiger partial charge < -0.3 is 9.84 Å². The van der Waals surface area contributed by atoms with Gasteiger partial charge in [-0.2, -0.15) is 4.98 Å². The number of benzene rings is 1. The number of nitrogens with one attached hydrogen (secondary N) is 1. The Morgan fingerprint density at radius 3 is 2.57 bits per heavy atom. The third kappa shape index (κ3) is 4.89. The lowest BCUT2D eigenvalue weighted by Crippen LogP contribution is -2.36. The minimum absolute atomic E-state index is 0.00393. The summed E-state index contributed by atoms with van der Waals surface area (Å²) in [6.07, 6.45) is 1.00. The predicted octanol–water partition coefficient (Wildman–Crippen LogP) is 2.26. The van der Waals surface area contributed by atoms with E-state index in [0.29, 0.717) is 31.3 Å². The van der Waals surface area contributed by atoms with E-state index in [1.807, 2.05) is 30.9 Å². The van der Waals surface area contributed by atoms with Gasteiger partial charge in [-0.1, -0.05) is 43.3 Å². The van der Waals surface area contributed by atoms with Crippen molar-refractivity contribution >= 4 is 5.91 Å². The van der Waals surface area contributed by atoms with Crippen molar-refractivity contribution in [3.05, 3.63) is 35.7 Å². The molecule has 0 saturated carbocycles. The fourth-order valence-corrected chi connectivity index (χ4v) is 2.25. The van der Waals surface area contributed by atoms with Crippen molar-refractivity contribution in [2.24, 2.45) is 0 Å². The molecule has 0 spiro atoms. The number of likely N-dealkylation sites (N-methyl/N-ethyl adjacent to an activating group) is 2. The van der Waals surface area contributed by atoms with E-state index in [1.54, 1.807) is 0 Å². The Hall–Kier alpha value is -2.21. The molecule has 0 atom stereocenters. The van der Waals surface area contributed by atoms with Gasteiger partial charge in [0.1, 0.15) is 0 Å². The second-order valence-corrected chi connectivity index (χ2v) is 5.32. The Morgan fingerprint density at radius 2 is 1.96 bits per heavy atom. The number of aromatic nitrogens is 2. The van der Waals surface area contributed by atoms with Gasteiger partial charge in [0.25, 0.3) is 0 Å². The van der Waals surface area contributed by atoms with E-state index in [2.05, 4.69) is 34.5 Å². The summed E-state index contributed by atoms with van der Waals surface area (Å²) in [5.74, 6) is 1.10. The highest BCUT2D eigenvalue weighted by Gasteiger charge is 2.14. The van der Waals surface area contributed by atoms with E-state index in [9.17, 15) is 4.79 Å². The molecule has 23 heavy (non-hydrogen) atoms. The number of rotatable bonds is 8. The lowest BCUT2D eigenvalue weighted by molar-refractivity contribution is -0.122. The minimum atomic E-state index is 0.00393. The number of carbonyl (C=O) groups is 1. The zero-order valence-electron chi connectivity index (χ0n) is 14.0. The molecule has 0 aliphatic rings. The number of aryl methyl sites for hydroxylation is 1. The van der Waals surface area contributed by atoms with Gasteiger partial charge in [0.15, 0.2) is 0 Å². The largest absolute Gasteiger partial charge is 0.355 e. The second kappa shape index (κ2) is 8.43. The van der Waals surface area contributed by atoms with Crippen molar-refractivity contribution < 1.29 is 9.32 Å². The Labute approximate surface area is 136 Å². The van der Waals surface area contributed by atoms with Gasteiger partial charge in [-0.05, 0) is 25.5 Å². The molecule has 6 heteroatoms. The molecule has 124 valence electrons. The highest BCUT2D eigenvalue weighted by Crippen LogP contribution is 2.17. The topological polar surface area (TPSA) is 71.3 Å². The molecule has 1 heterocycles. The number of hydrogen-bond acceptors (Lipinski definition) is 5. The first-order valence-electron chi connectivity index (χ1n) is 8.07. The van der Waals surface area contributed by atoms with E-state index in [4.69, 9.17) is 4.52 Å². The molecule has 1 aromatic carbocycles. The molecule has 0 saturated heterocycles. The molecule has 1 N–H and O–H groups in total. The van der Waals surface area contributed by atoms with Crippen LogP contribution in [-0.2, 0) is 17.8 Å². The molecule has 2 rings (SSSR count). The Bertz CT molecular complexity index is 622. The van der Waals surface area contributed by atoms with Crippen LogP contribution in [0, 0.1) is 0 Å². The zero-order chi connectivity index (χ0) is 16.7. The molecule has 2 aromatic rings. The first kappa shape index (κ1) is 17.1. The van der Waals surface area contributed by atoms with Crippen LogP contribution >= 0.6 is 0 Å². The van der Waals surface area contributed by atoms with Crippen LogP contribution in [0.15, 0.2) is 28.8 Å². The van der Waals surface area contributed by atoms with Crippen molar-refractivity contribution in [1.29, 1.82) is 0 Å². The van der Waals surface area contributed by atoms with Crippen molar-refractivity contribution in [2.45, 2.75) is 33.7 Å². The van der Waals surface area contributed by atoms with E-state index in [0.717, 1.165) is 18.5 Å². The monoisotopic (exact) mass is 316 g/mol. The van der Waals surface area contributed by atoms with Gasteiger partial charge in [0.2, 0.25) is 17.6 Å².